The summed E-state index contributed by atoms with van der Waals surface area (Å²) in [6, 6.07) is 9.60. The molecule has 0 atom stereocenters. The molecule has 0 spiro atoms. The van der Waals surface area contributed by atoms with Gasteiger partial charge in [-0.2, -0.15) is 0 Å². The monoisotopic (exact) mass is 247 g/mol. The topological polar surface area (TPSA) is 29.1 Å². The molecule has 0 saturated heterocycles. The van der Waals surface area contributed by atoms with Crippen LogP contribution in [0.1, 0.15) is 15.9 Å². The van der Waals surface area contributed by atoms with Crippen LogP contribution < -0.4 is 5.32 Å². The molecule has 2 aromatic carbocycles. The number of nitrogens with one attached hydrogen (secondary N) is 1. The maximum absolute atomic E-state index is 13.5. The van der Waals surface area contributed by atoms with Crippen LogP contribution in [0.15, 0.2) is 42.5 Å². The first-order valence-electron chi connectivity index (χ1n) is 5.40. The highest BCUT2D eigenvalue weighted by molar-refractivity contribution is 6.04. The van der Waals surface area contributed by atoms with Crippen LogP contribution in [-0.2, 0) is 0 Å². The second-order valence-corrected chi connectivity index (χ2v) is 3.89. The molecule has 4 heteroatoms. The summed E-state index contributed by atoms with van der Waals surface area (Å²) in [5, 5.41) is 2.48. The highest BCUT2D eigenvalue weighted by Gasteiger charge is 2.11. The molecule has 2 rings (SSSR count). The van der Waals surface area contributed by atoms with Gasteiger partial charge in [0.2, 0.25) is 0 Å². The van der Waals surface area contributed by atoms with Crippen molar-refractivity contribution in [2.24, 2.45) is 0 Å². The van der Waals surface area contributed by atoms with Crippen LogP contribution in [0.3, 0.4) is 0 Å². The lowest BCUT2D eigenvalue weighted by molar-refractivity contribution is 0.102. The summed E-state index contributed by atoms with van der Waals surface area (Å²) < 4.78 is 26.2. The molecular weight excluding hydrogens is 236 g/mol. The lowest BCUT2D eigenvalue weighted by Crippen LogP contribution is -2.13. The fourth-order valence-corrected chi connectivity index (χ4v) is 1.58. The Morgan fingerprint density at radius 1 is 1.06 bits per heavy atom. The van der Waals surface area contributed by atoms with Crippen molar-refractivity contribution < 1.29 is 13.6 Å². The van der Waals surface area contributed by atoms with Gasteiger partial charge >= 0.3 is 0 Å². The van der Waals surface area contributed by atoms with Crippen molar-refractivity contribution in [1.29, 1.82) is 0 Å². The van der Waals surface area contributed by atoms with Gasteiger partial charge in [0, 0.05) is 5.56 Å². The van der Waals surface area contributed by atoms with E-state index in [0.717, 1.165) is 0 Å². The van der Waals surface area contributed by atoms with Crippen LogP contribution in [-0.4, -0.2) is 5.91 Å². The Labute approximate surface area is 103 Å². The minimum Gasteiger partial charge on any atom is -0.319 e. The van der Waals surface area contributed by atoms with Gasteiger partial charge in [0.25, 0.3) is 5.91 Å². The third-order valence-electron chi connectivity index (χ3n) is 2.57. The van der Waals surface area contributed by atoms with Gasteiger partial charge in [-0.1, -0.05) is 12.1 Å². The minimum absolute atomic E-state index is 0.145. The predicted octanol–water partition coefficient (Wildman–Crippen LogP) is 3.53. The van der Waals surface area contributed by atoms with Crippen LogP contribution in [0.25, 0.3) is 0 Å². The number of carbonyl (C=O) groups is 1. The first kappa shape index (κ1) is 12.2. The zero-order chi connectivity index (χ0) is 13.1. The molecule has 0 bridgehead atoms. The predicted molar refractivity (Wildman–Crippen MR) is 65.5 cm³/mol. The third-order valence-corrected chi connectivity index (χ3v) is 2.57. The van der Waals surface area contributed by atoms with Crippen molar-refractivity contribution in [3.63, 3.8) is 0 Å². The number of hydrogen-bond acceptors (Lipinski definition) is 1. The van der Waals surface area contributed by atoms with Gasteiger partial charge in [-0.15, -0.1) is 0 Å². The van der Waals surface area contributed by atoms with E-state index in [1.165, 1.54) is 30.3 Å². The van der Waals surface area contributed by atoms with Gasteiger partial charge in [-0.3, -0.25) is 4.79 Å². The highest BCUT2D eigenvalue weighted by atomic mass is 19.1. The number of rotatable bonds is 2. The van der Waals surface area contributed by atoms with Crippen molar-refractivity contribution in [3.8, 4) is 0 Å². The summed E-state index contributed by atoms with van der Waals surface area (Å²) in [6.45, 7) is 1.70. The number of aryl methyl sites for hydroxylation is 1. The zero-order valence-corrected chi connectivity index (χ0v) is 9.71. The molecule has 2 aromatic rings. The molecule has 0 unspecified atom stereocenters. The summed E-state index contributed by atoms with van der Waals surface area (Å²) >= 11 is 0. The average Bonchev–Trinajstić information content (AvgIpc) is 2.34. The normalized spacial score (nSPS) is 10.2. The van der Waals surface area contributed by atoms with Gasteiger partial charge < -0.3 is 5.32 Å². The SMILES string of the molecule is Cc1cccc(F)c1NC(=O)c1ccc(F)cc1. The smallest absolute Gasteiger partial charge is 0.255 e. The van der Waals surface area contributed by atoms with Gasteiger partial charge in [0.15, 0.2) is 0 Å². The lowest BCUT2D eigenvalue weighted by Gasteiger charge is -2.09. The molecule has 92 valence electrons. The largest absolute Gasteiger partial charge is 0.319 e. The number of benzene rings is 2. The quantitative estimate of drug-likeness (QED) is 0.864. The van der Waals surface area contributed by atoms with Crippen molar-refractivity contribution in [1.82, 2.24) is 0 Å². The van der Waals surface area contributed by atoms with Crippen LogP contribution in [0, 0.1) is 18.6 Å². The lowest BCUT2D eigenvalue weighted by atomic mass is 10.1. The van der Waals surface area contributed by atoms with E-state index in [1.54, 1.807) is 19.1 Å². The van der Waals surface area contributed by atoms with Crippen LogP contribution >= 0.6 is 0 Å². The fraction of sp³-hybridized carbons (Fsp3) is 0.0714. The standard InChI is InChI=1S/C14H11F2NO/c1-9-3-2-4-12(16)13(9)17-14(18)10-5-7-11(15)8-6-10/h2-8H,1H3,(H,17,18). The Hall–Kier alpha value is -2.23. The van der Waals surface area contributed by atoms with E-state index in [-0.39, 0.29) is 11.3 Å². The molecule has 18 heavy (non-hydrogen) atoms. The van der Waals surface area contributed by atoms with Gasteiger partial charge in [0.05, 0.1) is 5.69 Å². The maximum atomic E-state index is 13.5. The van der Waals surface area contributed by atoms with Crippen molar-refractivity contribution in [2.75, 3.05) is 5.32 Å². The Kier molecular flexibility index (Phi) is 3.37. The number of para-hydroxylation sites is 1. The summed E-state index contributed by atoms with van der Waals surface area (Å²) in [5.74, 6) is -1.39. The van der Waals surface area contributed by atoms with E-state index in [4.69, 9.17) is 0 Å². The molecule has 0 fully saturated rings. The number of carbonyl (C=O) groups excluding carboxylic acids is 1. The second kappa shape index (κ2) is 4.96. The van der Waals surface area contributed by atoms with Gasteiger partial charge in [-0.05, 0) is 42.8 Å². The molecule has 0 aromatic heterocycles. The molecule has 1 amide bonds. The minimum atomic E-state index is -0.495. The second-order valence-electron chi connectivity index (χ2n) is 3.89. The van der Waals surface area contributed by atoms with E-state index >= 15 is 0 Å². The molecular formula is C14H11F2NO. The van der Waals surface area contributed by atoms with Crippen molar-refractivity contribution in [2.45, 2.75) is 6.92 Å². The third kappa shape index (κ3) is 2.53. The Morgan fingerprint density at radius 3 is 2.33 bits per heavy atom. The van der Waals surface area contributed by atoms with E-state index in [9.17, 15) is 13.6 Å². The number of halogens is 2. The number of hydrogen-bond donors (Lipinski definition) is 1. The number of amides is 1. The van der Waals surface area contributed by atoms with E-state index in [1.807, 2.05) is 0 Å². The molecule has 0 aliphatic rings. The van der Waals surface area contributed by atoms with Crippen LogP contribution in [0.2, 0.25) is 0 Å². The summed E-state index contributed by atoms with van der Waals surface area (Å²) in [5.41, 5.74) is 1.05. The molecule has 0 aliphatic carbocycles. The average molecular weight is 247 g/mol. The molecule has 0 radical (unpaired) electrons. The van der Waals surface area contributed by atoms with Gasteiger partial charge in [-0.25, -0.2) is 8.78 Å². The first-order chi connectivity index (χ1) is 8.58. The Morgan fingerprint density at radius 2 is 1.72 bits per heavy atom. The van der Waals surface area contributed by atoms with Gasteiger partial charge in [0.1, 0.15) is 11.6 Å². The molecule has 0 saturated carbocycles. The molecule has 2 nitrogen and oxygen atoms in total. The van der Waals surface area contributed by atoms with Crippen molar-refractivity contribution >= 4 is 11.6 Å². The summed E-state index contributed by atoms with van der Waals surface area (Å²) in [6.07, 6.45) is 0. The van der Waals surface area contributed by atoms with E-state index in [2.05, 4.69) is 5.32 Å². The summed E-state index contributed by atoms with van der Waals surface area (Å²) in [7, 11) is 0. The van der Waals surface area contributed by atoms with E-state index < -0.39 is 17.5 Å². The highest BCUT2D eigenvalue weighted by Crippen LogP contribution is 2.19. The summed E-state index contributed by atoms with van der Waals surface area (Å²) in [4.78, 5) is 11.8. The molecule has 0 aliphatic heterocycles. The van der Waals surface area contributed by atoms with Crippen molar-refractivity contribution in [3.05, 3.63) is 65.2 Å². The molecule has 0 heterocycles. The molecule has 1 N–H and O–H groups in total. The first-order valence-corrected chi connectivity index (χ1v) is 5.40. The van der Waals surface area contributed by atoms with Crippen LogP contribution in [0.4, 0.5) is 14.5 Å². The number of anilines is 1. The Bertz CT molecular complexity index is 559. The van der Waals surface area contributed by atoms with Crippen LogP contribution in [0.5, 0.6) is 0 Å². The maximum Gasteiger partial charge on any atom is 0.255 e. The Balaban J connectivity index is 2.24. The van der Waals surface area contributed by atoms with E-state index in [0.29, 0.717) is 5.56 Å². The fourth-order valence-electron chi connectivity index (χ4n) is 1.58. The zero-order valence-electron chi connectivity index (χ0n) is 9.71.